The molecule has 0 bridgehead atoms. The van der Waals surface area contributed by atoms with Crippen LogP contribution < -0.4 is 5.32 Å². The van der Waals surface area contributed by atoms with Gasteiger partial charge in [-0.1, -0.05) is 54.6 Å². The zero-order valence-corrected chi connectivity index (χ0v) is 13.1. The van der Waals surface area contributed by atoms with Gasteiger partial charge in [-0.05, 0) is 36.2 Å². The summed E-state index contributed by atoms with van der Waals surface area (Å²) in [7, 11) is 0. The highest BCUT2D eigenvalue weighted by atomic mass is 14.9. The van der Waals surface area contributed by atoms with Crippen molar-refractivity contribution in [3.8, 4) is 0 Å². The minimum atomic E-state index is 0.785. The molecule has 112 valence electrons. The Morgan fingerprint density at radius 2 is 1.52 bits per heavy atom. The Morgan fingerprint density at radius 1 is 0.783 bits per heavy atom. The zero-order chi connectivity index (χ0) is 15.6. The van der Waals surface area contributed by atoms with E-state index >= 15 is 0 Å². The molecule has 3 aromatic carbocycles. The number of nitrogens with zero attached hydrogens (tertiary/aromatic N) is 1. The maximum atomic E-state index is 4.87. The average molecular weight is 298 g/mol. The van der Waals surface area contributed by atoms with Crippen LogP contribution in [0.5, 0.6) is 0 Å². The molecule has 0 amide bonds. The fourth-order valence-electron chi connectivity index (χ4n) is 3.08. The molecule has 1 heterocycles. The number of anilines is 1. The molecule has 0 radical (unpaired) electrons. The molecule has 0 aliphatic carbocycles. The first-order valence-electron chi connectivity index (χ1n) is 7.89. The zero-order valence-electron chi connectivity index (χ0n) is 13.1. The number of nitrogens with one attached hydrogen (secondary N) is 1. The summed E-state index contributed by atoms with van der Waals surface area (Å²) in [6.45, 7) is 2.91. The molecule has 0 aliphatic heterocycles. The third kappa shape index (κ3) is 2.53. The van der Waals surface area contributed by atoms with E-state index in [9.17, 15) is 0 Å². The van der Waals surface area contributed by atoms with Crippen molar-refractivity contribution in [2.45, 2.75) is 13.5 Å². The van der Waals surface area contributed by atoms with Crippen molar-refractivity contribution in [1.29, 1.82) is 0 Å². The van der Waals surface area contributed by atoms with Crippen LogP contribution in [0.2, 0.25) is 0 Å². The average Bonchev–Trinajstić information content (AvgIpc) is 2.60. The maximum absolute atomic E-state index is 4.87. The number of para-hydroxylation sites is 3. The molecular formula is C21H18N2. The van der Waals surface area contributed by atoms with Gasteiger partial charge in [-0.2, -0.15) is 0 Å². The first kappa shape index (κ1) is 13.8. The maximum Gasteiger partial charge on any atom is 0.0742 e. The Morgan fingerprint density at radius 3 is 2.39 bits per heavy atom. The van der Waals surface area contributed by atoms with Crippen LogP contribution in [-0.2, 0) is 6.54 Å². The van der Waals surface area contributed by atoms with Crippen LogP contribution in [0.4, 0.5) is 5.69 Å². The van der Waals surface area contributed by atoms with Gasteiger partial charge in [0.2, 0.25) is 0 Å². The Kier molecular flexibility index (Phi) is 3.43. The summed E-state index contributed by atoms with van der Waals surface area (Å²) in [6.07, 6.45) is 0. The van der Waals surface area contributed by atoms with E-state index in [0.717, 1.165) is 23.3 Å². The van der Waals surface area contributed by atoms with Crippen molar-refractivity contribution in [3.05, 3.63) is 83.9 Å². The number of hydrogen-bond acceptors (Lipinski definition) is 2. The number of benzene rings is 3. The lowest BCUT2D eigenvalue weighted by Crippen LogP contribution is -2.02. The third-order valence-corrected chi connectivity index (χ3v) is 4.27. The highest BCUT2D eigenvalue weighted by Gasteiger charge is 2.10. The van der Waals surface area contributed by atoms with Crippen LogP contribution in [0, 0.1) is 6.92 Å². The molecule has 1 N–H and O–H groups in total. The van der Waals surface area contributed by atoms with Crippen LogP contribution in [0.3, 0.4) is 0 Å². The molecule has 0 fully saturated rings. The first-order valence-corrected chi connectivity index (χ1v) is 7.89. The van der Waals surface area contributed by atoms with Gasteiger partial charge in [-0.25, -0.2) is 4.98 Å². The molecule has 0 saturated carbocycles. The van der Waals surface area contributed by atoms with E-state index in [2.05, 4.69) is 72.9 Å². The van der Waals surface area contributed by atoms with Crippen LogP contribution >= 0.6 is 0 Å². The normalized spacial score (nSPS) is 11.0. The molecule has 1 aromatic heterocycles. The summed E-state index contributed by atoms with van der Waals surface area (Å²) in [5.41, 5.74) is 5.80. The van der Waals surface area contributed by atoms with Gasteiger partial charge in [-0.3, -0.25) is 0 Å². The fourth-order valence-corrected chi connectivity index (χ4v) is 3.08. The lowest BCUT2D eigenvalue weighted by molar-refractivity contribution is 1.18. The first-order chi connectivity index (χ1) is 11.3. The Bertz CT molecular complexity index is 975. The molecule has 23 heavy (non-hydrogen) atoms. The molecule has 0 unspecified atom stereocenters. The molecule has 4 aromatic rings. The van der Waals surface area contributed by atoms with Crippen molar-refractivity contribution >= 4 is 27.5 Å². The van der Waals surface area contributed by atoms with E-state index in [4.69, 9.17) is 4.98 Å². The second-order valence-electron chi connectivity index (χ2n) is 5.80. The van der Waals surface area contributed by atoms with Crippen LogP contribution in [0.15, 0.2) is 72.8 Å². The van der Waals surface area contributed by atoms with Gasteiger partial charge in [0.25, 0.3) is 0 Å². The van der Waals surface area contributed by atoms with E-state index in [0.29, 0.717) is 0 Å². The van der Waals surface area contributed by atoms with Crippen molar-refractivity contribution in [3.63, 3.8) is 0 Å². The number of fused-ring (bicyclic) bond motifs is 2. The predicted molar refractivity (Wildman–Crippen MR) is 97.8 cm³/mol. The van der Waals surface area contributed by atoms with Crippen molar-refractivity contribution in [1.82, 2.24) is 4.98 Å². The van der Waals surface area contributed by atoms with Gasteiger partial charge in [0.05, 0.1) is 11.0 Å². The summed E-state index contributed by atoms with van der Waals surface area (Å²) in [4.78, 5) is 4.87. The third-order valence-electron chi connectivity index (χ3n) is 4.27. The number of aryl methyl sites for hydroxylation is 1. The highest BCUT2D eigenvalue weighted by Crippen LogP contribution is 2.28. The van der Waals surface area contributed by atoms with E-state index < -0.39 is 0 Å². The van der Waals surface area contributed by atoms with Gasteiger partial charge in [0, 0.05) is 23.0 Å². The van der Waals surface area contributed by atoms with Crippen molar-refractivity contribution in [2.24, 2.45) is 0 Å². The summed E-state index contributed by atoms with van der Waals surface area (Å²) in [6, 6.07) is 25.1. The van der Waals surface area contributed by atoms with Crippen LogP contribution in [0.25, 0.3) is 21.8 Å². The van der Waals surface area contributed by atoms with Gasteiger partial charge in [-0.15, -0.1) is 0 Å². The van der Waals surface area contributed by atoms with E-state index in [1.165, 1.54) is 21.9 Å². The quantitative estimate of drug-likeness (QED) is 0.518. The minimum Gasteiger partial charge on any atom is -0.381 e. The molecule has 0 spiro atoms. The second-order valence-corrected chi connectivity index (χ2v) is 5.80. The molecular weight excluding hydrogens is 280 g/mol. The van der Waals surface area contributed by atoms with Crippen LogP contribution in [-0.4, -0.2) is 4.98 Å². The summed E-state index contributed by atoms with van der Waals surface area (Å²) >= 11 is 0. The minimum absolute atomic E-state index is 0.785. The van der Waals surface area contributed by atoms with Gasteiger partial charge in [0.1, 0.15) is 0 Å². The van der Waals surface area contributed by atoms with Gasteiger partial charge >= 0.3 is 0 Å². The van der Waals surface area contributed by atoms with Crippen molar-refractivity contribution < 1.29 is 0 Å². The summed E-state index contributed by atoms with van der Waals surface area (Å²) < 4.78 is 0. The molecule has 2 nitrogen and oxygen atoms in total. The molecule has 4 rings (SSSR count). The standard InChI is InChI=1S/C21H18N2/c1-15-8-7-12-18-19(14-22-16-9-3-2-4-10-16)17-11-5-6-13-20(17)23-21(15)18/h2-13,22H,14H2,1H3. The molecule has 0 saturated heterocycles. The number of hydrogen-bond donors (Lipinski definition) is 1. The number of rotatable bonds is 3. The van der Waals surface area contributed by atoms with E-state index in [-0.39, 0.29) is 0 Å². The monoisotopic (exact) mass is 298 g/mol. The van der Waals surface area contributed by atoms with Crippen LogP contribution in [0.1, 0.15) is 11.1 Å². The highest BCUT2D eigenvalue weighted by molar-refractivity contribution is 5.98. The number of pyridine rings is 1. The van der Waals surface area contributed by atoms with Gasteiger partial charge in [0.15, 0.2) is 0 Å². The molecule has 0 atom stereocenters. The second kappa shape index (κ2) is 5.73. The van der Waals surface area contributed by atoms with Gasteiger partial charge < -0.3 is 5.32 Å². The largest absolute Gasteiger partial charge is 0.381 e. The van der Waals surface area contributed by atoms with E-state index in [1.54, 1.807) is 0 Å². The smallest absolute Gasteiger partial charge is 0.0742 e. The van der Waals surface area contributed by atoms with E-state index in [1.807, 2.05) is 12.1 Å². The predicted octanol–water partition coefficient (Wildman–Crippen LogP) is 5.31. The summed E-state index contributed by atoms with van der Waals surface area (Å²) in [5, 5.41) is 5.98. The lowest BCUT2D eigenvalue weighted by Gasteiger charge is -2.13. The SMILES string of the molecule is Cc1cccc2c(CNc3ccccc3)c3ccccc3nc12. The number of aromatic nitrogens is 1. The fraction of sp³-hybridized carbons (Fsp3) is 0.0952. The Balaban J connectivity index is 1.89. The van der Waals surface area contributed by atoms with Crippen molar-refractivity contribution in [2.75, 3.05) is 5.32 Å². The summed E-state index contributed by atoms with van der Waals surface area (Å²) in [5.74, 6) is 0. The lowest BCUT2D eigenvalue weighted by atomic mass is 10.0. The topological polar surface area (TPSA) is 24.9 Å². The Labute approximate surface area is 135 Å². The molecule has 2 heteroatoms. The molecule has 0 aliphatic rings. The Hall–Kier alpha value is -2.87.